The molecule has 0 aromatic heterocycles. The van der Waals surface area contributed by atoms with Crippen molar-refractivity contribution >= 4 is 12.6 Å². The van der Waals surface area contributed by atoms with Crippen molar-refractivity contribution in [2.24, 2.45) is 11.8 Å². The van der Waals surface area contributed by atoms with Crippen molar-refractivity contribution in [1.82, 2.24) is 4.90 Å². The minimum atomic E-state index is 0.698. The van der Waals surface area contributed by atoms with Gasteiger partial charge in [-0.3, -0.25) is 0 Å². The maximum atomic E-state index is 4.38. The van der Waals surface area contributed by atoms with Crippen LogP contribution in [0.25, 0.3) is 0 Å². The third-order valence-electron chi connectivity index (χ3n) is 2.95. The van der Waals surface area contributed by atoms with E-state index in [4.69, 9.17) is 0 Å². The van der Waals surface area contributed by atoms with E-state index < -0.39 is 0 Å². The van der Waals surface area contributed by atoms with E-state index in [2.05, 4.69) is 52.3 Å². The fourth-order valence-electron chi connectivity index (χ4n) is 1.77. The zero-order chi connectivity index (χ0) is 11.1. The second-order valence-corrected chi connectivity index (χ2v) is 5.24. The minimum absolute atomic E-state index is 0.698. The molecule has 86 valence electrons. The van der Waals surface area contributed by atoms with Gasteiger partial charge in [0.1, 0.15) is 0 Å². The lowest BCUT2D eigenvalue weighted by molar-refractivity contribution is 0.201. The van der Waals surface area contributed by atoms with E-state index in [0.29, 0.717) is 6.04 Å². The van der Waals surface area contributed by atoms with Crippen molar-refractivity contribution in [3.8, 4) is 0 Å². The largest absolute Gasteiger partial charge is 0.303 e. The molecule has 14 heavy (non-hydrogen) atoms. The molecule has 0 aromatic rings. The molecule has 0 heterocycles. The maximum absolute atomic E-state index is 4.38. The van der Waals surface area contributed by atoms with E-state index in [1.807, 2.05) is 0 Å². The van der Waals surface area contributed by atoms with Gasteiger partial charge in [0.05, 0.1) is 0 Å². The lowest BCUT2D eigenvalue weighted by atomic mass is 10.0. The van der Waals surface area contributed by atoms with Gasteiger partial charge in [0.15, 0.2) is 0 Å². The van der Waals surface area contributed by atoms with Gasteiger partial charge in [0.25, 0.3) is 0 Å². The van der Waals surface area contributed by atoms with Crippen molar-refractivity contribution in [2.75, 3.05) is 19.3 Å². The van der Waals surface area contributed by atoms with Crippen molar-refractivity contribution in [3.05, 3.63) is 0 Å². The molecule has 0 fully saturated rings. The molecule has 0 bridgehead atoms. The second-order valence-electron chi connectivity index (χ2n) is 4.87. The zero-order valence-electron chi connectivity index (χ0n) is 10.5. The molecule has 2 unspecified atom stereocenters. The van der Waals surface area contributed by atoms with E-state index in [1.165, 1.54) is 19.4 Å². The van der Waals surface area contributed by atoms with Gasteiger partial charge >= 0.3 is 0 Å². The molecule has 0 aliphatic heterocycles. The molecule has 2 atom stereocenters. The quantitative estimate of drug-likeness (QED) is 0.640. The predicted molar refractivity (Wildman–Crippen MR) is 69.2 cm³/mol. The number of rotatable bonds is 7. The normalized spacial score (nSPS) is 16.3. The third kappa shape index (κ3) is 5.92. The molecule has 0 saturated heterocycles. The van der Waals surface area contributed by atoms with Crippen LogP contribution in [0.1, 0.15) is 40.5 Å². The van der Waals surface area contributed by atoms with Gasteiger partial charge in [-0.25, -0.2) is 0 Å². The summed E-state index contributed by atoms with van der Waals surface area (Å²) < 4.78 is 0. The van der Waals surface area contributed by atoms with E-state index in [-0.39, 0.29) is 0 Å². The summed E-state index contributed by atoms with van der Waals surface area (Å²) in [7, 11) is 2.24. The van der Waals surface area contributed by atoms with Gasteiger partial charge in [-0.15, -0.1) is 0 Å². The Kier molecular flexibility index (Phi) is 7.75. The summed E-state index contributed by atoms with van der Waals surface area (Å²) in [5.74, 6) is 2.55. The summed E-state index contributed by atoms with van der Waals surface area (Å²) in [4.78, 5) is 2.48. The summed E-state index contributed by atoms with van der Waals surface area (Å²) >= 11 is 4.38. The minimum Gasteiger partial charge on any atom is -0.303 e. The summed E-state index contributed by atoms with van der Waals surface area (Å²) in [5, 5.41) is 0. The van der Waals surface area contributed by atoms with Gasteiger partial charge in [-0.05, 0) is 38.0 Å². The molecule has 0 amide bonds. The fraction of sp³-hybridized carbons (Fsp3) is 1.00. The highest BCUT2D eigenvalue weighted by Gasteiger charge is 2.14. The van der Waals surface area contributed by atoms with E-state index in [0.717, 1.165) is 17.6 Å². The van der Waals surface area contributed by atoms with Gasteiger partial charge in [0, 0.05) is 12.6 Å². The van der Waals surface area contributed by atoms with Crippen molar-refractivity contribution < 1.29 is 0 Å². The summed E-state index contributed by atoms with van der Waals surface area (Å²) in [6.45, 7) is 10.3. The first-order valence-corrected chi connectivity index (χ1v) is 6.45. The van der Waals surface area contributed by atoms with Crippen LogP contribution >= 0.6 is 12.6 Å². The summed E-state index contributed by atoms with van der Waals surface area (Å²) in [5.41, 5.74) is 0. The molecule has 2 heteroatoms. The number of thiol groups is 1. The SMILES string of the molecule is CCC(CS)CN(C)C(C)CC(C)C. The Labute approximate surface area is 95.7 Å². The Bertz CT molecular complexity index is 132. The molecular formula is C12H27NS. The highest BCUT2D eigenvalue weighted by molar-refractivity contribution is 7.80. The molecular weight excluding hydrogens is 190 g/mol. The summed E-state index contributed by atoms with van der Waals surface area (Å²) in [6, 6.07) is 0.698. The third-order valence-corrected chi connectivity index (χ3v) is 3.46. The molecule has 0 aliphatic rings. The zero-order valence-corrected chi connectivity index (χ0v) is 11.3. The Morgan fingerprint density at radius 3 is 2.14 bits per heavy atom. The van der Waals surface area contributed by atoms with Crippen LogP contribution in [0.15, 0.2) is 0 Å². The highest BCUT2D eigenvalue weighted by Crippen LogP contribution is 2.13. The lowest BCUT2D eigenvalue weighted by Crippen LogP contribution is -2.34. The Balaban J connectivity index is 3.86. The predicted octanol–water partition coefficient (Wildman–Crippen LogP) is 3.31. The highest BCUT2D eigenvalue weighted by atomic mass is 32.1. The van der Waals surface area contributed by atoms with Gasteiger partial charge in [0.2, 0.25) is 0 Å². The maximum Gasteiger partial charge on any atom is 0.00664 e. The first-order valence-electron chi connectivity index (χ1n) is 5.82. The molecule has 0 aromatic carbocycles. The smallest absolute Gasteiger partial charge is 0.00664 e. The standard InChI is InChI=1S/C12H27NS/c1-6-12(9-14)8-13(5)11(4)7-10(2)3/h10-12,14H,6-9H2,1-5H3. The van der Waals surface area contributed by atoms with Crippen LogP contribution in [0.4, 0.5) is 0 Å². The van der Waals surface area contributed by atoms with E-state index in [9.17, 15) is 0 Å². The Hall–Kier alpha value is 0.310. The topological polar surface area (TPSA) is 3.24 Å². The van der Waals surface area contributed by atoms with E-state index in [1.54, 1.807) is 0 Å². The Morgan fingerprint density at radius 1 is 1.21 bits per heavy atom. The van der Waals surface area contributed by atoms with Crippen LogP contribution in [0.5, 0.6) is 0 Å². The average Bonchev–Trinajstić information content (AvgIpc) is 2.12. The second kappa shape index (κ2) is 7.58. The molecule has 0 aliphatic carbocycles. The molecule has 0 spiro atoms. The van der Waals surface area contributed by atoms with Gasteiger partial charge in [-0.1, -0.05) is 27.2 Å². The molecule has 0 saturated carbocycles. The van der Waals surface area contributed by atoms with Crippen molar-refractivity contribution in [2.45, 2.75) is 46.6 Å². The van der Waals surface area contributed by atoms with E-state index >= 15 is 0 Å². The first kappa shape index (κ1) is 14.3. The van der Waals surface area contributed by atoms with Gasteiger partial charge in [-0.2, -0.15) is 12.6 Å². The molecule has 0 radical (unpaired) electrons. The molecule has 1 nitrogen and oxygen atoms in total. The van der Waals surface area contributed by atoms with Crippen LogP contribution in [0.2, 0.25) is 0 Å². The van der Waals surface area contributed by atoms with Crippen LogP contribution in [-0.4, -0.2) is 30.3 Å². The monoisotopic (exact) mass is 217 g/mol. The fourth-order valence-corrected chi connectivity index (χ4v) is 2.14. The molecule has 0 N–H and O–H groups in total. The van der Waals surface area contributed by atoms with Crippen LogP contribution in [0, 0.1) is 11.8 Å². The van der Waals surface area contributed by atoms with Crippen LogP contribution in [0.3, 0.4) is 0 Å². The van der Waals surface area contributed by atoms with Crippen LogP contribution in [-0.2, 0) is 0 Å². The first-order chi connectivity index (χ1) is 6.51. The Morgan fingerprint density at radius 2 is 1.79 bits per heavy atom. The van der Waals surface area contributed by atoms with Crippen molar-refractivity contribution in [1.29, 1.82) is 0 Å². The summed E-state index contributed by atoms with van der Waals surface area (Å²) in [6.07, 6.45) is 2.53. The number of nitrogens with zero attached hydrogens (tertiary/aromatic N) is 1. The number of hydrogen-bond donors (Lipinski definition) is 1. The van der Waals surface area contributed by atoms with Crippen LogP contribution < -0.4 is 0 Å². The average molecular weight is 217 g/mol. The van der Waals surface area contributed by atoms with Crippen molar-refractivity contribution in [3.63, 3.8) is 0 Å². The van der Waals surface area contributed by atoms with Gasteiger partial charge < -0.3 is 4.90 Å². The lowest BCUT2D eigenvalue weighted by Gasteiger charge is -2.29. The number of hydrogen-bond acceptors (Lipinski definition) is 2. The molecule has 0 rings (SSSR count).